The fraction of sp³-hybridized carbons (Fsp3) is 0.667. The van der Waals surface area contributed by atoms with Crippen LogP contribution < -0.4 is 0 Å². The average Bonchev–Trinajstić information content (AvgIpc) is 2.35. The van der Waals surface area contributed by atoms with Gasteiger partial charge in [0.25, 0.3) is 6.43 Å². The van der Waals surface area contributed by atoms with Crippen LogP contribution in [0.4, 0.5) is 8.78 Å². The summed E-state index contributed by atoms with van der Waals surface area (Å²) in [6, 6.07) is 3.68. The molecule has 0 aromatic carbocycles. The molecule has 1 aliphatic rings. The smallest absolute Gasteiger partial charge is 0.251 e. The van der Waals surface area contributed by atoms with Crippen LogP contribution in [0, 0.1) is 0 Å². The fourth-order valence-corrected chi connectivity index (χ4v) is 2.42. The highest BCUT2D eigenvalue weighted by atomic mass is 35.5. The second-order valence-corrected chi connectivity index (χ2v) is 5.20. The van der Waals surface area contributed by atoms with Crippen molar-refractivity contribution >= 4 is 11.6 Å². The quantitative estimate of drug-likeness (QED) is 0.848. The first-order valence-corrected chi connectivity index (χ1v) is 6.65. The van der Waals surface area contributed by atoms with Crippen LogP contribution in [0.2, 0.25) is 5.15 Å². The van der Waals surface area contributed by atoms with Crippen molar-refractivity contribution in [1.29, 1.82) is 0 Å². The van der Waals surface area contributed by atoms with Crippen molar-refractivity contribution in [2.45, 2.75) is 25.9 Å². The van der Waals surface area contributed by atoms with Crippen LogP contribution in [0.25, 0.3) is 0 Å². The van der Waals surface area contributed by atoms with E-state index in [1.807, 2.05) is 17.9 Å². The van der Waals surface area contributed by atoms with E-state index in [0.717, 1.165) is 18.8 Å². The van der Waals surface area contributed by atoms with Gasteiger partial charge in [0.05, 0.1) is 12.2 Å². The maximum atomic E-state index is 12.4. The maximum Gasteiger partial charge on any atom is 0.251 e. The largest absolute Gasteiger partial charge is 0.295 e. The summed E-state index contributed by atoms with van der Waals surface area (Å²) in [4.78, 5) is 4.03. The molecule has 7 heteroatoms. The normalized spacial score (nSPS) is 22.1. The summed E-state index contributed by atoms with van der Waals surface area (Å²) in [7, 11) is 0. The van der Waals surface area contributed by atoms with Gasteiger partial charge in [0, 0.05) is 32.2 Å². The summed E-state index contributed by atoms with van der Waals surface area (Å²) in [5.74, 6) is 0. The molecule has 19 heavy (non-hydrogen) atoms. The first-order valence-electron chi connectivity index (χ1n) is 6.27. The minimum Gasteiger partial charge on any atom is -0.295 e. The molecule has 0 N–H and O–H groups in total. The molecule has 2 rings (SSSR count). The minimum atomic E-state index is -2.27. The standard InChI is InChI=1S/C12H17ClF2N4/c1-9-6-18(4-5-19(9)8-12(14)15)7-10-2-3-11(13)17-16-10/h2-3,9,12H,4-8H2,1H3/t9-/m0/s1. The highest BCUT2D eigenvalue weighted by Crippen LogP contribution is 2.14. The zero-order valence-electron chi connectivity index (χ0n) is 10.8. The number of rotatable bonds is 4. The van der Waals surface area contributed by atoms with Crippen LogP contribution >= 0.6 is 11.6 Å². The molecule has 4 nitrogen and oxygen atoms in total. The molecule has 1 aromatic heterocycles. The number of hydrogen-bond donors (Lipinski definition) is 0. The topological polar surface area (TPSA) is 32.3 Å². The lowest BCUT2D eigenvalue weighted by molar-refractivity contribution is 0.0238. The molecule has 106 valence electrons. The summed E-state index contributed by atoms with van der Waals surface area (Å²) in [5.41, 5.74) is 0.846. The van der Waals surface area contributed by atoms with Gasteiger partial charge in [-0.2, -0.15) is 5.10 Å². The van der Waals surface area contributed by atoms with Crippen LogP contribution in [-0.4, -0.2) is 58.6 Å². The Kier molecular flexibility index (Phi) is 5.01. The van der Waals surface area contributed by atoms with Crippen molar-refractivity contribution in [3.05, 3.63) is 23.0 Å². The molecule has 2 heterocycles. The lowest BCUT2D eigenvalue weighted by Gasteiger charge is -2.39. The summed E-state index contributed by atoms with van der Waals surface area (Å²) >= 11 is 5.68. The molecular weight excluding hydrogens is 274 g/mol. The first kappa shape index (κ1) is 14.6. The van der Waals surface area contributed by atoms with Crippen LogP contribution in [0.3, 0.4) is 0 Å². The molecule has 0 saturated carbocycles. The van der Waals surface area contributed by atoms with Crippen molar-refractivity contribution in [2.75, 3.05) is 26.2 Å². The molecule has 1 fully saturated rings. The van der Waals surface area contributed by atoms with Gasteiger partial charge >= 0.3 is 0 Å². The van der Waals surface area contributed by atoms with Crippen molar-refractivity contribution in [3.63, 3.8) is 0 Å². The van der Waals surface area contributed by atoms with E-state index in [0.29, 0.717) is 18.2 Å². The number of hydrogen-bond acceptors (Lipinski definition) is 4. The Morgan fingerprint density at radius 2 is 2.16 bits per heavy atom. The molecule has 0 amide bonds. The van der Waals surface area contributed by atoms with E-state index in [4.69, 9.17) is 11.6 Å². The lowest BCUT2D eigenvalue weighted by atomic mass is 10.2. The second kappa shape index (κ2) is 6.54. The zero-order valence-corrected chi connectivity index (χ0v) is 11.5. The van der Waals surface area contributed by atoms with Gasteiger partial charge in [-0.3, -0.25) is 9.80 Å². The summed E-state index contributed by atoms with van der Waals surface area (Å²) in [6.07, 6.45) is -2.27. The van der Waals surface area contributed by atoms with E-state index < -0.39 is 6.43 Å². The Morgan fingerprint density at radius 3 is 2.74 bits per heavy atom. The average molecular weight is 291 g/mol. The number of halogens is 3. The molecule has 0 radical (unpaired) electrons. The van der Waals surface area contributed by atoms with Crippen molar-refractivity contribution in [2.24, 2.45) is 0 Å². The Hall–Kier alpha value is -0.850. The minimum absolute atomic E-state index is 0.128. The van der Waals surface area contributed by atoms with Gasteiger partial charge in [0.1, 0.15) is 0 Å². The Labute approximate surface area is 116 Å². The van der Waals surface area contributed by atoms with Crippen LogP contribution in [0.1, 0.15) is 12.6 Å². The summed E-state index contributed by atoms with van der Waals surface area (Å²) in [5, 5.41) is 8.18. The second-order valence-electron chi connectivity index (χ2n) is 4.82. The van der Waals surface area contributed by atoms with E-state index in [1.54, 1.807) is 6.07 Å². The molecule has 0 aliphatic carbocycles. The maximum absolute atomic E-state index is 12.4. The number of aromatic nitrogens is 2. The molecule has 0 unspecified atom stereocenters. The predicted octanol–water partition coefficient (Wildman–Crippen LogP) is 1.90. The fourth-order valence-electron chi connectivity index (χ4n) is 2.32. The molecule has 1 aromatic rings. The third-order valence-electron chi connectivity index (χ3n) is 3.29. The molecule has 1 aliphatic heterocycles. The highest BCUT2D eigenvalue weighted by Gasteiger charge is 2.25. The molecule has 0 bridgehead atoms. The Balaban J connectivity index is 1.86. The van der Waals surface area contributed by atoms with Gasteiger partial charge < -0.3 is 0 Å². The monoisotopic (exact) mass is 290 g/mol. The van der Waals surface area contributed by atoms with Gasteiger partial charge in [-0.05, 0) is 19.1 Å². The number of piperazine rings is 1. The summed E-state index contributed by atoms with van der Waals surface area (Å²) in [6.45, 7) is 4.69. The van der Waals surface area contributed by atoms with Gasteiger partial charge in [-0.15, -0.1) is 5.10 Å². The molecule has 0 spiro atoms. The van der Waals surface area contributed by atoms with Crippen molar-refractivity contribution in [1.82, 2.24) is 20.0 Å². The molecule has 1 atom stereocenters. The van der Waals surface area contributed by atoms with Gasteiger partial charge in [-0.25, -0.2) is 8.78 Å². The zero-order chi connectivity index (χ0) is 13.8. The van der Waals surface area contributed by atoms with Gasteiger partial charge in [0.2, 0.25) is 0 Å². The van der Waals surface area contributed by atoms with E-state index in [1.165, 1.54) is 0 Å². The third-order valence-corrected chi connectivity index (χ3v) is 3.50. The third kappa shape index (κ3) is 4.33. The van der Waals surface area contributed by atoms with Crippen LogP contribution in [0.5, 0.6) is 0 Å². The van der Waals surface area contributed by atoms with E-state index >= 15 is 0 Å². The van der Waals surface area contributed by atoms with Crippen LogP contribution in [0.15, 0.2) is 12.1 Å². The summed E-state index contributed by atoms with van der Waals surface area (Å²) < 4.78 is 24.8. The Bertz CT molecular complexity index is 401. The molecule has 1 saturated heterocycles. The molecular formula is C12H17ClF2N4. The number of nitrogens with zero attached hydrogens (tertiary/aromatic N) is 4. The van der Waals surface area contributed by atoms with Crippen LogP contribution in [-0.2, 0) is 6.54 Å². The van der Waals surface area contributed by atoms with E-state index in [-0.39, 0.29) is 12.6 Å². The Morgan fingerprint density at radius 1 is 1.37 bits per heavy atom. The predicted molar refractivity (Wildman–Crippen MR) is 69.4 cm³/mol. The van der Waals surface area contributed by atoms with E-state index in [9.17, 15) is 8.78 Å². The number of alkyl halides is 2. The van der Waals surface area contributed by atoms with Crippen molar-refractivity contribution < 1.29 is 8.78 Å². The lowest BCUT2D eigenvalue weighted by Crippen LogP contribution is -2.52. The highest BCUT2D eigenvalue weighted by molar-refractivity contribution is 6.29. The SMILES string of the molecule is C[C@H]1CN(Cc2ccc(Cl)nn2)CCN1CC(F)F. The first-order chi connectivity index (χ1) is 9.04. The van der Waals surface area contributed by atoms with E-state index in [2.05, 4.69) is 15.1 Å². The van der Waals surface area contributed by atoms with Crippen molar-refractivity contribution in [3.8, 4) is 0 Å². The van der Waals surface area contributed by atoms with Gasteiger partial charge in [-0.1, -0.05) is 11.6 Å². The van der Waals surface area contributed by atoms with Gasteiger partial charge in [0.15, 0.2) is 5.15 Å².